The molecule has 2 rings (SSSR count). The van der Waals surface area contributed by atoms with Gasteiger partial charge in [-0.2, -0.15) is 0 Å². The van der Waals surface area contributed by atoms with Gasteiger partial charge in [0.15, 0.2) is 23.2 Å². The Morgan fingerprint density at radius 1 is 1.04 bits per heavy atom. The molecule has 0 aromatic heterocycles. The first kappa shape index (κ1) is 19.1. The third-order valence-corrected chi connectivity index (χ3v) is 3.28. The molecule has 9 heteroatoms. The van der Waals surface area contributed by atoms with Crippen LogP contribution in [0.25, 0.3) is 0 Å². The number of hydrogen-bond acceptors (Lipinski definition) is 5. The molecule has 0 heterocycles. The zero-order valence-electron chi connectivity index (χ0n) is 13.7. The summed E-state index contributed by atoms with van der Waals surface area (Å²) in [6.07, 6.45) is 0. The maximum absolute atomic E-state index is 12.8. The van der Waals surface area contributed by atoms with E-state index in [2.05, 4.69) is 16.2 Å². The van der Waals surface area contributed by atoms with Crippen LogP contribution in [0.5, 0.6) is 11.5 Å². The van der Waals surface area contributed by atoms with Gasteiger partial charge in [0.25, 0.3) is 11.8 Å². The van der Waals surface area contributed by atoms with E-state index < -0.39 is 17.6 Å². The number of benzene rings is 2. The van der Waals surface area contributed by atoms with E-state index in [0.29, 0.717) is 11.5 Å². The van der Waals surface area contributed by atoms with E-state index in [1.54, 1.807) is 24.3 Å². The number of halogens is 1. The van der Waals surface area contributed by atoms with Crippen LogP contribution in [0, 0.1) is 5.82 Å². The Hall–Kier alpha value is -3.20. The highest BCUT2D eigenvalue weighted by molar-refractivity contribution is 7.80. The zero-order valence-corrected chi connectivity index (χ0v) is 14.6. The van der Waals surface area contributed by atoms with Crippen LogP contribution < -0.4 is 25.6 Å². The molecule has 7 nitrogen and oxygen atoms in total. The number of ether oxygens (including phenoxy) is 2. The number of rotatable bonds is 5. The largest absolute Gasteiger partial charge is 0.493 e. The Balaban J connectivity index is 1.75. The van der Waals surface area contributed by atoms with E-state index in [1.165, 1.54) is 19.2 Å². The molecule has 0 aliphatic heterocycles. The Morgan fingerprint density at radius 3 is 2.35 bits per heavy atom. The van der Waals surface area contributed by atoms with Crippen molar-refractivity contribution in [3.8, 4) is 11.5 Å². The van der Waals surface area contributed by atoms with Crippen molar-refractivity contribution in [2.75, 3.05) is 13.7 Å². The van der Waals surface area contributed by atoms with Gasteiger partial charge >= 0.3 is 0 Å². The van der Waals surface area contributed by atoms with Gasteiger partial charge in [-0.05, 0) is 48.6 Å². The third kappa shape index (κ3) is 5.71. The molecule has 0 radical (unpaired) electrons. The molecule has 136 valence electrons. The van der Waals surface area contributed by atoms with Gasteiger partial charge in [-0.3, -0.25) is 25.8 Å². The standard InChI is InChI=1S/C17H16FN3O4S/c1-24-13-4-2-3-5-14(13)25-10-15(22)20-21-17(26)19-16(23)11-6-8-12(18)9-7-11/h2-9H,10H2,1H3,(H,20,22)(H2,19,21,23,26). The van der Waals surface area contributed by atoms with Crippen LogP contribution in [0.1, 0.15) is 10.4 Å². The minimum Gasteiger partial charge on any atom is -0.493 e. The summed E-state index contributed by atoms with van der Waals surface area (Å²) in [7, 11) is 1.49. The molecule has 0 aliphatic carbocycles. The fraction of sp³-hybridized carbons (Fsp3) is 0.118. The maximum Gasteiger partial charge on any atom is 0.276 e. The quantitative estimate of drug-likeness (QED) is 0.541. The number of thiocarbonyl (C=S) groups is 1. The summed E-state index contributed by atoms with van der Waals surface area (Å²) >= 11 is 4.90. The Kier molecular flexibility index (Phi) is 6.86. The van der Waals surface area contributed by atoms with Crippen molar-refractivity contribution >= 4 is 29.1 Å². The van der Waals surface area contributed by atoms with E-state index in [4.69, 9.17) is 21.7 Å². The molecule has 0 bridgehead atoms. The second-order valence-corrected chi connectivity index (χ2v) is 5.31. The number of methoxy groups -OCH3 is 1. The van der Waals surface area contributed by atoms with Gasteiger partial charge in [-0.1, -0.05) is 12.1 Å². The van der Waals surface area contributed by atoms with E-state index in [0.717, 1.165) is 12.1 Å². The first-order valence-electron chi connectivity index (χ1n) is 7.41. The van der Waals surface area contributed by atoms with Crippen LogP contribution in [0.4, 0.5) is 4.39 Å². The van der Waals surface area contributed by atoms with Crippen molar-refractivity contribution in [1.29, 1.82) is 0 Å². The van der Waals surface area contributed by atoms with Gasteiger partial charge in [-0.25, -0.2) is 4.39 Å². The molecule has 0 atom stereocenters. The summed E-state index contributed by atoms with van der Waals surface area (Å²) in [5, 5.41) is 2.23. The molecule has 2 aromatic carbocycles. The lowest BCUT2D eigenvalue weighted by atomic mass is 10.2. The van der Waals surface area contributed by atoms with Crippen molar-refractivity contribution in [1.82, 2.24) is 16.2 Å². The Bertz CT molecular complexity index is 799. The predicted octanol–water partition coefficient (Wildman–Crippen LogP) is 1.55. The highest BCUT2D eigenvalue weighted by atomic mass is 32.1. The van der Waals surface area contributed by atoms with Gasteiger partial charge in [0.2, 0.25) is 0 Å². The second kappa shape index (κ2) is 9.33. The van der Waals surface area contributed by atoms with Crippen molar-refractivity contribution in [2.45, 2.75) is 0 Å². The topological polar surface area (TPSA) is 88.7 Å². The van der Waals surface area contributed by atoms with Crippen molar-refractivity contribution < 1.29 is 23.5 Å². The van der Waals surface area contributed by atoms with Gasteiger partial charge < -0.3 is 9.47 Å². The molecule has 0 spiro atoms. The predicted molar refractivity (Wildman–Crippen MR) is 96.2 cm³/mol. The number of amides is 2. The summed E-state index contributed by atoms with van der Waals surface area (Å²) in [5.74, 6) is -0.603. The molecule has 0 unspecified atom stereocenters. The van der Waals surface area contributed by atoms with Gasteiger partial charge in [0, 0.05) is 5.56 Å². The van der Waals surface area contributed by atoms with E-state index in [9.17, 15) is 14.0 Å². The highest BCUT2D eigenvalue weighted by Gasteiger charge is 2.10. The van der Waals surface area contributed by atoms with Crippen molar-refractivity contribution in [3.05, 3.63) is 59.9 Å². The summed E-state index contributed by atoms with van der Waals surface area (Å²) in [6.45, 7) is -0.290. The normalized spacial score (nSPS) is 9.77. The van der Waals surface area contributed by atoms with Crippen molar-refractivity contribution in [2.24, 2.45) is 0 Å². The lowest BCUT2D eigenvalue weighted by molar-refractivity contribution is -0.123. The average molecular weight is 377 g/mol. The van der Waals surface area contributed by atoms with Crippen LogP contribution in [0.3, 0.4) is 0 Å². The molecular formula is C17H16FN3O4S. The SMILES string of the molecule is COc1ccccc1OCC(=O)NNC(=S)NC(=O)c1ccc(F)cc1. The van der Waals surface area contributed by atoms with Crippen LogP contribution in [-0.4, -0.2) is 30.6 Å². The molecule has 0 saturated heterocycles. The lowest BCUT2D eigenvalue weighted by Crippen LogP contribution is -2.49. The minimum atomic E-state index is -0.540. The first-order valence-corrected chi connectivity index (χ1v) is 7.82. The van der Waals surface area contributed by atoms with Gasteiger partial charge in [-0.15, -0.1) is 0 Å². The van der Waals surface area contributed by atoms with Crippen molar-refractivity contribution in [3.63, 3.8) is 0 Å². The van der Waals surface area contributed by atoms with E-state index in [-0.39, 0.29) is 17.3 Å². The molecule has 0 fully saturated rings. The number of hydrazine groups is 1. The Morgan fingerprint density at radius 2 is 1.69 bits per heavy atom. The van der Waals surface area contributed by atoms with Crippen LogP contribution in [0.15, 0.2) is 48.5 Å². The fourth-order valence-electron chi connectivity index (χ4n) is 1.85. The lowest BCUT2D eigenvalue weighted by Gasteiger charge is -2.12. The zero-order chi connectivity index (χ0) is 18.9. The molecule has 0 saturated carbocycles. The summed E-state index contributed by atoms with van der Waals surface area (Å²) in [4.78, 5) is 23.6. The molecular weight excluding hydrogens is 361 g/mol. The van der Waals surface area contributed by atoms with Crippen LogP contribution in [0.2, 0.25) is 0 Å². The molecule has 2 amide bonds. The number of carbonyl (C=O) groups is 2. The highest BCUT2D eigenvalue weighted by Crippen LogP contribution is 2.25. The summed E-state index contributed by atoms with van der Waals surface area (Å²) in [6, 6.07) is 11.8. The molecule has 3 N–H and O–H groups in total. The molecule has 2 aromatic rings. The third-order valence-electron chi connectivity index (χ3n) is 3.08. The fourth-order valence-corrected chi connectivity index (χ4v) is 2.00. The Labute approximate surface area is 154 Å². The molecule has 26 heavy (non-hydrogen) atoms. The second-order valence-electron chi connectivity index (χ2n) is 4.90. The number of nitrogens with one attached hydrogen (secondary N) is 3. The van der Waals surface area contributed by atoms with E-state index >= 15 is 0 Å². The monoisotopic (exact) mass is 377 g/mol. The summed E-state index contributed by atoms with van der Waals surface area (Å²) in [5.41, 5.74) is 4.88. The van der Waals surface area contributed by atoms with Crippen LogP contribution in [-0.2, 0) is 4.79 Å². The number of para-hydroxylation sites is 2. The molecule has 0 aliphatic rings. The minimum absolute atomic E-state index is 0.120. The van der Waals surface area contributed by atoms with Gasteiger partial charge in [0.05, 0.1) is 7.11 Å². The van der Waals surface area contributed by atoms with Crippen LogP contribution >= 0.6 is 12.2 Å². The maximum atomic E-state index is 12.8. The average Bonchev–Trinajstić information content (AvgIpc) is 2.65. The van der Waals surface area contributed by atoms with Gasteiger partial charge in [0.1, 0.15) is 5.82 Å². The number of hydrogen-bond donors (Lipinski definition) is 3. The first-order chi connectivity index (χ1) is 12.5. The smallest absolute Gasteiger partial charge is 0.276 e. The van der Waals surface area contributed by atoms with E-state index in [1.807, 2.05) is 0 Å². The summed E-state index contributed by atoms with van der Waals surface area (Å²) < 4.78 is 23.3. The number of carbonyl (C=O) groups excluding carboxylic acids is 2.